The Morgan fingerprint density at radius 3 is 2.76 bits per heavy atom. The molecule has 4 nitrogen and oxygen atoms in total. The Hall–Kier alpha value is -2.73. The van der Waals surface area contributed by atoms with Crippen LogP contribution in [0.15, 0.2) is 47.8 Å². The molecule has 0 aliphatic rings. The summed E-state index contributed by atoms with van der Waals surface area (Å²) in [6, 6.07) is 11.7. The number of ether oxygens (including phenoxy) is 1. The predicted molar refractivity (Wildman–Crippen MR) is 96.7 cm³/mol. The molecule has 0 fully saturated rings. The van der Waals surface area contributed by atoms with Gasteiger partial charge >= 0.3 is 0 Å². The first-order chi connectivity index (χ1) is 12.0. The molecule has 0 bridgehead atoms. The molecule has 0 radical (unpaired) electrons. The molecule has 25 heavy (non-hydrogen) atoms. The molecule has 0 saturated carbocycles. The van der Waals surface area contributed by atoms with Crippen LogP contribution in [0.4, 0.5) is 10.1 Å². The maximum atomic E-state index is 13.2. The van der Waals surface area contributed by atoms with Crippen molar-refractivity contribution in [2.75, 3.05) is 5.32 Å². The normalized spacial score (nSPS) is 10.5. The van der Waals surface area contributed by atoms with Crippen molar-refractivity contribution in [1.29, 1.82) is 0 Å². The molecule has 0 aliphatic carbocycles. The summed E-state index contributed by atoms with van der Waals surface area (Å²) in [7, 11) is 0. The van der Waals surface area contributed by atoms with Crippen LogP contribution in [0.25, 0.3) is 0 Å². The number of nitrogens with one attached hydrogen (secondary N) is 1. The van der Waals surface area contributed by atoms with Crippen molar-refractivity contribution < 1.29 is 13.9 Å². The van der Waals surface area contributed by atoms with E-state index in [1.807, 2.05) is 19.9 Å². The van der Waals surface area contributed by atoms with Gasteiger partial charge in [0.2, 0.25) is 0 Å². The fraction of sp³-hybridized carbons (Fsp3) is 0.158. The third-order valence-electron chi connectivity index (χ3n) is 3.59. The first-order valence-corrected chi connectivity index (χ1v) is 8.60. The molecule has 0 atom stereocenters. The molecule has 3 rings (SSSR count). The smallest absolute Gasteiger partial charge is 0.275 e. The second-order valence-corrected chi connectivity index (χ2v) is 6.66. The van der Waals surface area contributed by atoms with E-state index in [4.69, 9.17) is 4.74 Å². The molecule has 128 valence electrons. The highest BCUT2D eigenvalue weighted by Crippen LogP contribution is 2.23. The number of nitrogens with zero attached hydrogens (tertiary/aromatic N) is 1. The molecule has 1 amide bonds. The summed E-state index contributed by atoms with van der Waals surface area (Å²) in [6.07, 6.45) is 0. The summed E-state index contributed by atoms with van der Waals surface area (Å²) in [5, 5.41) is 5.43. The van der Waals surface area contributed by atoms with Crippen LogP contribution in [0.2, 0.25) is 0 Å². The molecular weight excluding hydrogens is 339 g/mol. The third-order valence-corrected chi connectivity index (χ3v) is 4.37. The molecule has 1 N–H and O–H groups in total. The highest BCUT2D eigenvalue weighted by molar-refractivity contribution is 7.09. The second kappa shape index (κ2) is 7.44. The average Bonchev–Trinajstić information content (AvgIpc) is 3.02. The number of benzene rings is 2. The number of aromatic nitrogens is 1. The first-order valence-electron chi connectivity index (χ1n) is 7.72. The molecule has 3 aromatic rings. The van der Waals surface area contributed by atoms with Gasteiger partial charge in [-0.3, -0.25) is 4.79 Å². The number of rotatable bonds is 5. The van der Waals surface area contributed by atoms with E-state index < -0.39 is 0 Å². The van der Waals surface area contributed by atoms with Gasteiger partial charge in [-0.05, 0) is 55.3 Å². The summed E-state index contributed by atoms with van der Waals surface area (Å²) in [4.78, 5) is 16.3. The largest absolute Gasteiger partial charge is 0.489 e. The average molecular weight is 356 g/mol. The lowest BCUT2D eigenvalue weighted by Crippen LogP contribution is -2.13. The molecule has 1 heterocycles. The topological polar surface area (TPSA) is 51.2 Å². The van der Waals surface area contributed by atoms with Gasteiger partial charge in [-0.1, -0.05) is 12.1 Å². The number of carbonyl (C=O) groups excluding carboxylic acids is 1. The van der Waals surface area contributed by atoms with Crippen LogP contribution in [-0.2, 0) is 6.61 Å². The van der Waals surface area contributed by atoms with E-state index in [1.54, 1.807) is 29.6 Å². The lowest BCUT2D eigenvalue weighted by atomic mass is 10.2. The highest BCUT2D eigenvalue weighted by Gasteiger charge is 2.11. The minimum Gasteiger partial charge on any atom is -0.489 e. The minimum atomic E-state index is -0.285. The van der Waals surface area contributed by atoms with Gasteiger partial charge in [0.05, 0.1) is 5.01 Å². The van der Waals surface area contributed by atoms with Crippen molar-refractivity contribution in [3.63, 3.8) is 0 Å². The monoisotopic (exact) mass is 356 g/mol. The van der Waals surface area contributed by atoms with Gasteiger partial charge in [0.25, 0.3) is 5.91 Å². The van der Waals surface area contributed by atoms with Gasteiger partial charge in [0.1, 0.15) is 23.9 Å². The zero-order chi connectivity index (χ0) is 17.8. The lowest BCUT2D eigenvalue weighted by Gasteiger charge is -2.11. The van der Waals surface area contributed by atoms with E-state index in [0.29, 0.717) is 17.1 Å². The van der Waals surface area contributed by atoms with E-state index in [0.717, 1.165) is 16.1 Å². The van der Waals surface area contributed by atoms with Gasteiger partial charge < -0.3 is 10.1 Å². The van der Waals surface area contributed by atoms with Crippen LogP contribution in [0.1, 0.15) is 26.6 Å². The Bertz CT molecular complexity index is 908. The van der Waals surface area contributed by atoms with E-state index in [2.05, 4.69) is 10.3 Å². The van der Waals surface area contributed by atoms with Crippen LogP contribution in [0.3, 0.4) is 0 Å². The van der Waals surface area contributed by atoms with E-state index >= 15 is 0 Å². The molecule has 0 unspecified atom stereocenters. The Morgan fingerprint density at radius 1 is 1.24 bits per heavy atom. The van der Waals surface area contributed by atoms with E-state index in [-0.39, 0.29) is 18.3 Å². The van der Waals surface area contributed by atoms with Crippen molar-refractivity contribution in [3.05, 3.63) is 75.5 Å². The fourth-order valence-electron chi connectivity index (χ4n) is 2.31. The maximum absolute atomic E-state index is 13.2. The van der Waals surface area contributed by atoms with Gasteiger partial charge in [-0.15, -0.1) is 11.3 Å². The molecule has 6 heteroatoms. The van der Waals surface area contributed by atoms with Gasteiger partial charge in [0.15, 0.2) is 0 Å². The zero-order valence-corrected chi connectivity index (χ0v) is 14.7. The number of hydrogen-bond acceptors (Lipinski definition) is 4. The quantitative estimate of drug-likeness (QED) is 0.719. The van der Waals surface area contributed by atoms with Crippen molar-refractivity contribution in [2.24, 2.45) is 0 Å². The molecule has 0 aliphatic heterocycles. The van der Waals surface area contributed by atoms with Crippen LogP contribution >= 0.6 is 11.3 Å². The van der Waals surface area contributed by atoms with Crippen molar-refractivity contribution in [3.8, 4) is 5.75 Å². The van der Waals surface area contributed by atoms with Crippen LogP contribution in [0, 0.1) is 19.7 Å². The minimum absolute atomic E-state index is 0.235. The SMILES string of the molecule is Cc1nc(C(=O)Nc2ccc(OCc3cccc(F)c3)cc2C)cs1. The number of halogens is 1. The van der Waals surface area contributed by atoms with Crippen LogP contribution in [-0.4, -0.2) is 10.9 Å². The number of hydrogen-bond donors (Lipinski definition) is 1. The van der Waals surface area contributed by atoms with Gasteiger partial charge in [-0.2, -0.15) is 0 Å². The van der Waals surface area contributed by atoms with Crippen molar-refractivity contribution in [2.45, 2.75) is 20.5 Å². The molecule has 0 saturated heterocycles. The summed E-state index contributed by atoms with van der Waals surface area (Å²) in [6.45, 7) is 4.02. The number of thiazole rings is 1. The summed E-state index contributed by atoms with van der Waals surface area (Å²) in [5.74, 6) is 0.137. The van der Waals surface area contributed by atoms with Gasteiger partial charge in [0, 0.05) is 11.1 Å². The number of carbonyl (C=O) groups is 1. The second-order valence-electron chi connectivity index (χ2n) is 5.60. The summed E-state index contributed by atoms with van der Waals surface area (Å²) < 4.78 is 18.9. The standard InChI is InChI=1S/C19H17FN2O2S/c1-12-8-16(24-10-14-4-3-5-15(20)9-14)6-7-17(12)22-19(23)18-11-25-13(2)21-18/h3-9,11H,10H2,1-2H3,(H,22,23). The Morgan fingerprint density at radius 2 is 2.08 bits per heavy atom. The molecule has 2 aromatic carbocycles. The van der Waals surface area contributed by atoms with Crippen molar-refractivity contribution in [1.82, 2.24) is 4.98 Å². The first kappa shape index (κ1) is 17.1. The fourth-order valence-corrected chi connectivity index (χ4v) is 2.91. The van der Waals surface area contributed by atoms with Gasteiger partial charge in [-0.25, -0.2) is 9.37 Å². The molecule has 1 aromatic heterocycles. The number of amides is 1. The van der Waals surface area contributed by atoms with E-state index in [9.17, 15) is 9.18 Å². The third kappa shape index (κ3) is 4.42. The maximum Gasteiger partial charge on any atom is 0.275 e. The van der Waals surface area contributed by atoms with Crippen molar-refractivity contribution >= 4 is 22.9 Å². The summed E-state index contributed by atoms with van der Waals surface area (Å²) in [5.41, 5.74) is 2.74. The molecular formula is C19H17FN2O2S. The Balaban J connectivity index is 1.65. The predicted octanol–water partition coefficient (Wildman–Crippen LogP) is 4.73. The van der Waals surface area contributed by atoms with Crippen LogP contribution in [0.5, 0.6) is 5.75 Å². The lowest BCUT2D eigenvalue weighted by molar-refractivity contribution is 0.102. The Kier molecular flexibility index (Phi) is 5.09. The number of anilines is 1. The zero-order valence-electron chi connectivity index (χ0n) is 13.9. The van der Waals surface area contributed by atoms with E-state index in [1.165, 1.54) is 23.5 Å². The molecule has 0 spiro atoms. The number of aryl methyl sites for hydroxylation is 2. The highest BCUT2D eigenvalue weighted by atomic mass is 32.1. The summed E-state index contributed by atoms with van der Waals surface area (Å²) >= 11 is 1.44. The van der Waals surface area contributed by atoms with Crippen LogP contribution < -0.4 is 10.1 Å². The Labute approximate surface area is 149 Å².